The summed E-state index contributed by atoms with van der Waals surface area (Å²) in [7, 11) is 0. The predicted molar refractivity (Wildman–Crippen MR) is 125 cm³/mol. The van der Waals surface area contributed by atoms with E-state index in [0.717, 1.165) is 5.56 Å². The van der Waals surface area contributed by atoms with Crippen LogP contribution in [0.3, 0.4) is 0 Å². The van der Waals surface area contributed by atoms with Gasteiger partial charge < -0.3 is 30.3 Å². The highest BCUT2D eigenvalue weighted by Crippen LogP contribution is 2.14. The van der Waals surface area contributed by atoms with Gasteiger partial charge in [0.05, 0.1) is 6.61 Å². The molecule has 9 nitrogen and oxygen atoms in total. The highest BCUT2D eigenvalue weighted by molar-refractivity contribution is 5.84. The quantitative estimate of drug-likeness (QED) is 0.275. The Morgan fingerprint density at radius 1 is 0.824 bits per heavy atom. The number of carbonyl (C=O) groups excluding carboxylic acids is 3. The standard InChI is InChI=1S/C25H32N2O7/c1-3-5-23(30)34-22(16-18-8-12-20(29)13-9-18)27-25(32)26-21(24(31)33-14-4-2)15-17-6-10-19(28)11-7-17/h6-13,21-22,28-29H,3-5,14-16H2,1-2H3,(H2,26,27,32). The van der Waals surface area contributed by atoms with Gasteiger partial charge in [0.25, 0.3) is 0 Å². The Hall–Kier alpha value is -3.75. The van der Waals surface area contributed by atoms with Crippen molar-refractivity contribution in [3.63, 3.8) is 0 Å². The minimum atomic E-state index is -0.989. The van der Waals surface area contributed by atoms with Gasteiger partial charge in [0.1, 0.15) is 17.5 Å². The SMILES string of the molecule is CCCOC(=O)C(Cc1ccc(O)cc1)NC(=O)NC(Cc1ccc(O)cc1)OC(=O)CCC. The normalized spacial score (nSPS) is 12.3. The monoisotopic (exact) mass is 472 g/mol. The lowest BCUT2D eigenvalue weighted by atomic mass is 10.1. The first kappa shape index (κ1) is 26.5. The molecule has 2 rings (SSSR count). The Morgan fingerprint density at radius 2 is 1.38 bits per heavy atom. The van der Waals surface area contributed by atoms with E-state index in [9.17, 15) is 24.6 Å². The minimum Gasteiger partial charge on any atom is -0.508 e. The molecule has 0 bridgehead atoms. The van der Waals surface area contributed by atoms with Crippen molar-refractivity contribution in [1.82, 2.24) is 10.6 Å². The van der Waals surface area contributed by atoms with Crippen molar-refractivity contribution in [1.29, 1.82) is 0 Å². The van der Waals surface area contributed by atoms with Crippen LogP contribution in [0.4, 0.5) is 4.79 Å². The minimum absolute atomic E-state index is 0.0885. The molecule has 0 aliphatic carbocycles. The number of amides is 2. The number of rotatable bonds is 12. The molecular formula is C25H32N2O7. The molecule has 34 heavy (non-hydrogen) atoms. The summed E-state index contributed by atoms with van der Waals surface area (Å²) in [5.41, 5.74) is 1.45. The van der Waals surface area contributed by atoms with Crippen LogP contribution in [-0.4, -0.2) is 47.1 Å². The van der Waals surface area contributed by atoms with Crippen LogP contribution in [0.25, 0.3) is 0 Å². The number of esters is 2. The second kappa shape index (κ2) is 13.7. The van der Waals surface area contributed by atoms with Crippen LogP contribution in [0, 0.1) is 0 Å². The van der Waals surface area contributed by atoms with Crippen molar-refractivity contribution in [3.05, 3.63) is 59.7 Å². The summed E-state index contributed by atoms with van der Waals surface area (Å²) in [5.74, 6) is -0.875. The Labute approximate surface area is 199 Å². The molecule has 2 atom stereocenters. The summed E-state index contributed by atoms with van der Waals surface area (Å²) >= 11 is 0. The third-order valence-corrected chi connectivity index (χ3v) is 4.79. The van der Waals surface area contributed by atoms with Gasteiger partial charge in [0, 0.05) is 19.3 Å². The Bertz CT molecular complexity index is 929. The van der Waals surface area contributed by atoms with Gasteiger partial charge in [-0.05, 0) is 48.2 Å². The van der Waals surface area contributed by atoms with Crippen LogP contribution in [-0.2, 0) is 31.9 Å². The third-order valence-electron chi connectivity index (χ3n) is 4.79. The number of urea groups is 1. The first-order valence-electron chi connectivity index (χ1n) is 11.3. The Kier molecular flexibility index (Phi) is 10.7. The fourth-order valence-electron chi connectivity index (χ4n) is 3.10. The van der Waals surface area contributed by atoms with Crippen molar-refractivity contribution >= 4 is 18.0 Å². The van der Waals surface area contributed by atoms with E-state index >= 15 is 0 Å². The fourth-order valence-corrected chi connectivity index (χ4v) is 3.10. The molecule has 0 radical (unpaired) electrons. The summed E-state index contributed by atoms with van der Waals surface area (Å²) in [5, 5.41) is 24.2. The average molecular weight is 473 g/mol. The van der Waals surface area contributed by atoms with E-state index in [0.29, 0.717) is 18.4 Å². The zero-order valence-electron chi connectivity index (χ0n) is 19.5. The molecule has 2 unspecified atom stereocenters. The number of phenolic OH excluding ortho intramolecular Hbond substituents is 2. The van der Waals surface area contributed by atoms with Gasteiger partial charge in [-0.3, -0.25) is 4.79 Å². The highest BCUT2D eigenvalue weighted by atomic mass is 16.6. The number of ether oxygens (including phenoxy) is 2. The molecule has 0 fully saturated rings. The predicted octanol–water partition coefficient (Wildman–Crippen LogP) is 3.17. The highest BCUT2D eigenvalue weighted by Gasteiger charge is 2.25. The number of aromatic hydroxyl groups is 2. The van der Waals surface area contributed by atoms with Gasteiger partial charge in [-0.25, -0.2) is 9.59 Å². The van der Waals surface area contributed by atoms with Crippen molar-refractivity contribution in [2.24, 2.45) is 0 Å². The third kappa shape index (κ3) is 9.40. The summed E-state index contributed by atoms with van der Waals surface area (Å²) < 4.78 is 10.6. The lowest BCUT2D eigenvalue weighted by Crippen LogP contribution is -2.51. The molecule has 4 N–H and O–H groups in total. The Balaban J connectivity index is 2.11. The van der Waals surface area contributed by atoms with Crippen LogP contribution in [0.5, 0.6) is 11.5 Å². The van der Waals surface area contributed by atoms with Gasteiger partial charge >= 0.3 is 18.0 Å². The van der Waals surface area contributed by atoms with Crippen LogP contribution in [0.15, 0.2) is 48.5 Å². The van der Waals surface area contributed by atoms with Crippen molar-refractivity contribution in [2.75, 3.05) is 6.61 Å². The second-order valence-electron chi connectivity index (χ2n) is 7.81. The second-order valence-corrected chi connectivity index (χ2v) is 7.81. The maximum absolute atomic E-state index is 12.8. The van der Waals surface area contributed by atoms with E-state index < -0.39 is 30.2 Å². The molecule has 2 aromatic carbocycles. The molecule has 0 heterocycles. The number of benzene rings is 2. The van der Waals surface area contributed by atoms with Crippen LogP contribution >= 0.6 is 0 Å². The number of carbonyl (C=O) groups is 3. The smallest absolute Gasteiger partial charge is 0.329 e. The molecule has 0 aliphatic heterocycles. The number of nitrogens with one attached hydrogen (secondary N) is 2. The lowest BCUT2D eigenvalue weighted by Gasteiger charge is -2.22. The zero-order chi connectivity index (χ0) is 24.9. The van der Waals surface area contributed by atoms with Crippen molar-refractivity contribution in [3.8, 4) is 11.5 Å². The maximum Gasteiger partial charge on any atom is 0.329 e. The van der Waals surface area contributed by atoms with E-state index in [2.05, 4.69) is 10.6 Å². The van der Waals surface area contributed by atoms with E-state index in [4.69, 9.17) is 9.47 Å². The van der Waals surface area contributed by atoms with E-state index in [1.807, 2.05) is 13.8 Å². The molecule has 0 saturated carbocycles. The van der Waals surface area contributed by atoms with Crippen LogP contribution < -0.4 is 10.6 Å². The zero-order valence-corrected chi connectivity index (χ0v) is 19.5. The summed E-state index contributed by atoms with van der Waals surface area (Å²) in [6, 6.07) is 10.9. The molecule has 9 heteroatoms. The van der Waals surface area contributed by atoms with Crippen LogP contribution in [0.1, 0.15) is 44.2 Å². The average Bonchev–Trinajstić information content (AvgIpc) is 2.80. The molecule has 2 aromatic rings. The lowest BCUT2D eigenvalue weighted by molar-refractivity contribution is -0.150. The number of hydrogen-bond acceptors (Lipinski definition) is 7. The molecule has 2 amide bonds. The first-order valence-corrected chi connectivity index (χ1v) is 11.3. The Morgan fingerprint density at radius 3 is 1.91 bits per heavy atom. The molecule has 0 spiro atoms. The fraction of sp³-hybridized carbons (Fsp3) is 0.400. The molecule has 0 aliphatic rings. The van der Waals surface area contributed by atoms with Gasteiger partial charge in [-0.1, -0.05) is 38.1 Å². The molecule has 0 aromatic heterocycles. The molecule has 184 valence electrons. The van der Waals surface area contributed by atoms with E-state index in [1.54, 1.807) is 24.3 Å². The summed E-state index contributed by atoms with van der Waals surface area (Å²) in [4.78, 5) is 37.4. The van der Waals surface area contributed by atoms with Gasteiger partial charge in [0.15, 0.2) is 6.23 Å². The van der Waals surface area contributed by atoms with Gasteiger partial charge in [-0.2, -0.15) is 0 Å². The van der Waals surface area contributed by atoms with E-state index in [-0.39, 0.29) is 37.4 Å². The van der Waals surface area contributed by atoms with Crippen molar-refractivity contribution in [2.45, 2.75) is 58.2 Å². The molecular weight excluding hydrogens is 440 g/mol. The summed E-state index contributed by atoms with van der Waals surface area (Å²) in [6.45, 7) is 3.92. The maximum atomic E-state index is 12.8. The van der Waals surface area contributed by atoms with E-state index in [1.165, 1.54) is 24.3 Å². The van der Waals surface area contributed by atoms with Crippen LogP contribution in [0.2, 0.25) is 0 Å². The topological polar surface area (TPSA) is 134 Å². The number of phenols is 2. The van der Waals surface area contributed by atoms with Gasteiger partial charge in [-0.15, -0.1) is 0 Å². The van der Waals surface area contributed by atoms with Gasteiger partial charge in [0.2, 0.25) is 0 Å². The summed E-state index contributed by atoms with van der Waals surface area (Å²) in [6.07, 6.45) is 0.758. The number of hydrogen-bond donors (Lipinski definition) is 4. The van der Waals surface area contributed by atoms with Crippen molar-refractivity contribution < 1.29 is 34.1 Å². The largest absolute Gasteiger partial charge is 0.508 e. The first-order chi connectivity index (χ1) is 16.3. The molecule has 0 saturated heterocycles.